The third-order valence-corrected chi connectivity index (χ3v) is 2.76. The topological polar surface area (TPSA) is 85.3 Å². The van der Waals surface area contributed by atoms with Crippen molar-refractivity contribution in [1.82, 2.24) is 24.1 Å². The number of imidazole rings is 1. The minimum atomic E-state index is -4.90. The summed E-state index contributed by atoms with van der Waals surface area (Å²) in [5.41, 5.74) is -2.22. The SMILES string of the molecule is O=C(O)c1cnn(-c2nccn3ccnc23)c1C(F)(F)F. The molecule has 0 aromatic carbocycles. The smallest absolute Gasteiger partial charge is 0.434 e. The zero-order chi connectivity index (χ0) is 15.2. The third-order valence-electron chi connectivity index (χ3n) is 2.76. The number of hydrogen-bond donors (Lipinski definition) is 1. The summed E-state index contributed by atoms with van der Waals surface area (Å²) in [5.74, 6) is -1.92. The Kier molecular flexibility index (Phi) is 2.68. The van der Waals surface area contributed by atoms with Gasteiger partial charge < -0.3 is 9.51 Å². The van der Waals surface area contributed by atoms with Gasteiger partial charge in [0.1, 0.15) is 5.56 Å². The number of alkyl halides is 3. The second-order valence-corrected chi connectivity index (χ2v) is 4.03. The Bertz CT molecular complexity index is 836. The van der Waals surface area contributed by atoms with E-state index in [1.807, 2.05) is 0 Å². The Morgan fingerprint density at radius 2 is 1.86 bits per heavy atom. The molecular weight excluding hydrogens is 291 g/mol. The highest BCUT2D eigenvalue weighted by atomic mass is 19.4. The highest BCUT2D eigenvalue weighted by molar-refractivity contribution is 5.89. The van der Waals surface area contributed by atoms with E-state index in [0.717, 1.165) is 0 Å². The molecule has 3 rings (SSSR count). The summed E-state index contributed by atoms with van der Waals surface area (Å²) < 4.78 is 41.3. The van der Waals surface area contributed by atoms with Gasteiger partial charge in [0.2, 0.25) is 0 Å². The Hall–Kier alpha value is -2.91. The number of halogens is 3. The average molecular weight is 297 g/mol. The summed E-state index contributed by atoms with van der Waals surface area (Å²) in [4.78, 5) is 18.6. The number of aromatic nitrogens is 5. The van der Waals surface area contributed by atoms with Crippen molar-refractivity contribution in [2.24, 2.45) is 0 Å². The Labute approximate surface area is 114 Å². The molecular formula is C11H6F3N5O2. The minimum Gasteiger partial charge on any atom is -0.478 e. The Balaban J connectivity index is 2.33. The van der Waals surface area contributed by atoms with Gasteiger partial charge in [-0.1, -0.05) is 0 Å². The fourth-order valence-electron chi connectivity index (χ4n) is 1.93. The Morgan fingerprint density at radius 3 is 2.48 bits per heavy atom. The maximum absolute atomic E-state index is 13.1. The van der Waals surface area contributed by atoms with Gasteiger partial charge in [-0.05, 0) is 0 Å². The van der Waals surface area contributed by atoms with Crippen LogP contribution in [0.1, 0.15) is 16.1 Å². The molecule has 3 aromatic rings. The van der Waals surface area contributed by atoms with Gasteiger partial charge in [0.25, 0.3) is 0 Å². The van der Waals surface area contributed by atoms with Crippen LogP contribution < -0.4 is 0 Å². The maximum atomic E-state index is 13.1. The lowest BCUT2D eigenvalue weighted by atomic mass is 10.2. The fraction of sp³-hybridized carbons (Fsp3) is 0.0909. The molecule has 0 bridgehead atoms. The van der Waals surface area contributed by atoms with E-state index in [1.165, 1.54) is 29.2 Å². The van der Waals surface area contributed by atoms with Crippen LogP contribution >= 0.6 is 0 Å². The van der Waals surface area contributed by atoms with Crippen molar-refractivity contribution < 1.29 is 23.1 Å². The molecule has 3 aromatic heterocycles. The van der Waals surface area contributed by atoms with Crippen LogP contribution in [-0.2, 0) is 6.18 Å². The second kappa shape index (κ2) is 4.30. The molecule has 7 nitrogen and oxygen atoms in total. The van der Waals surface area contributed by atoms with E-state index < -0.39 is 23.4 Å². The van der Waals surface area contributed by atoms with Crippen molar-refractivity contribution in [1.29, 1.82) is 0 Å². The molecule has 0 spiro atoms. The predicted octanol–water partition coefficient (Wildman–Crippen LogP) is 1.63. The summed E-state index contributed by atoms with van der Waals surface area (Å²) in [7, 11) is 0. The first-order chi connectivity index (χ1) is 9.89. The van der Waals surface area contributed by atoms with E-state index in [9.17, 15) is 18.0 Å². The number of carbonyl (C=O) groups is 1. The van der Waals surface area contributed by atoms with Gasteiger partial charge in [-0.2, -0.15) is 18.3 Å². The summed E-state index contributed by atoms with van der Waals surface area (Å²) in [5, 5.41) is 12.4. The van der Waals surface area contributed by atoms with Crippen LogP contribution in [0.3, 0.4) is 0 Å². The summed E-state index contributed by atoms with van der Waals surface area (Å²) in [6.45, 7) is 0. The second-order valence-electron chi connectivity index (χ2n) is 4.03. The lowest BCUT2D eigenvalue weighted by molar-refractivity contribution is -0.143. The molecule has 0 saturated carbocycles. The largest absolute Gasteiger partial charge is 0.478 e. The molecule has 0 aliphatic carbocycles. The van der Waals surface area contributed by atoms with Gasteiger partial charge in [-0.25, -0.2) is 19.4 Å². The number of nitrogens with zero attached hydrogens (tertiary/aromatic N) is 5. The first-order valence-electron chi connectivity index (χ1n) is 5.56. The molecule has 0 fully saturated rings. The van der Waals surface area contributed by atoms with Crippen LogP contribution in [0.4, 0.5) is 13.2 Å². The van der Waals surface area contributed by atoms with Gasteiger partial charge in [0.15, 0.2) is 17.2 Å². The molecule has 0 aliphatic heterocycles. The minimum absolute atomic E-state index is 0.128. The van der Waals surface area contributed by atoms with E-state index in [2.05, 4.69) is 15.1 Å². The molecule has 108 valence electrons. The molecule has 10 heteroatoms. The zero-order valence-corrected chi connectivity index (χ0v) is 10.1. The quantitative estimate of drug-likeness (QED) is 0.777. The van der Waals surface area contributed by atoms with E-state index >= 15 is 0 Å². The summed E-state index contributed by atoms with van der Waals surface area (Å²) >= 11 is 0. The van der Waals surface area contributed by atoms with Gasteiger partial charge in [-0.15, -0.1) is 0 Å². The number of fused-ring (bicyclic) bond motifs is 1. The van der Waals surface area contributed by atoms with Crippen LogP contribution in [0, 0.1) is 0 Å². The van der Waals surface area contributed by atoms with Gasteiger partial charge >= 0.3 is 12.1 Å². The first-order valence-corrected chi connectivity index (χ1v) is 5.56. The molecule has 0 atom stereocenters. The zero-order valence-electron chi connectivity index (χ0n) is 10.1. The van der Waals surface area contributed by atoms with Crippen molar-refractivity contribution in [3.05, 3.63) is 42.2 Å². The van der Waals surface area contributed by atoms with E-state index in [4.69, 9.17) is 5.11 Å². The highest BCUT2D eigenvalue weighted by Gasteiger charge is 2.41. The first kappa shape index (κ1) is 13.1. The molecule has 0 unspecified atom stereocenters. The fourth-order valence-corrected chi connectivity index (χ4v) is 1.93. The van der Waals surface area contributed by atoms with E-state index in [-0.39, 0.29) is 11.5 Å². The molecule has 3 heterocycles. The third kappa shape index (κ3) is 2.00. The number of carboxylic acids is 1. The molecule has 0 radical (unpaired) electrons. The van der Waals surface area contributed by atoms with Crippen LogP contribution in [0.2, 0.25) is 0 Å². The molecule has 0 aliphatic rings. The van der Waals surface area contributed by atoms with Crippen molar-refractivity contribution >= 4 is 11.6 Å². The van der Waals surface area contributed by atoms with Crippen molar-refractivity contribution in [3.8, 4) is 5.82 Å². The van der Waals surface area contributed by atoms with Crippen molar-refractivity contribution in [3.63, 3.8) is 0 Å². The van der Waals surface area contributed by atoms with Gasteiger partial charge in [0, 0.05) is 24.8 Å². The van der Waals surface area contributed by atoms with Crippen LogP contribution in [0.5, 0.6) is 0 Å². The Morgan fingerprint density at radius 1 is 1.19 bits per heavy atom. The van der Waals surface area contributed by atoms with Crippen LogP contribution in [-0.4, -0.2) is 35.2 Å². The summed E-state index contributed by atoms with van der Waals surface area (Å²) in [6.07, 6.45) is 1.42. The lowest BCUT2D eigenvalue weighted by Crippen LogP contribution is -2.18. The number of aromatic carboxylic acids is 1. The molecule has 1 N–H and O–H groups in total. The van der Waals surface area contributed by atoms with Crippen LogP contribution in [0.25, 0.3) is 11.5 Å². The van der Waals surface area contributed by atoms with E-state index in [0.29, 0.717) is 10.9 Å². The van der Waals surface area contributed by atoms with Gasteiger partial charge in [0.05, 0.1) is 6.20 Å². The normalized spacial score (nSPS) is 12.0. The number of rotatable bonds is 2. The predicted molar refractivity (Wildman–Crippen MR) is 62.1 cm³/mol. The molecule has 21 heavy (non-hydrogen) atoms. The molecule has 0 amide bonds. The van der Waals surface area contributed by atoms with Crippen molar-refractivity contribution in [2.45, 2.75) is 6.18 Å². The highest BCUT2D eigenvalue weighted by Crippen LogP contribution is 2.33. The number of hydrogen-bond acceptors (Lipinski definition) is 4. The standard InChI is InChI=1S/C11H6F3N5O2/c12-11(13,14)7-6(10(20)21)5-17-19(7)9-8-15-1-3-18(8)4-2-16-9/h1-5H,(H,20,21). The van der Waals surface area contributed by atoms with E-state index in [1.54, 1.807) is 0 Å². The monoisotopic (exact) mass is 297 g/mol. The molecule has 0 saturated heterocycles. The van der Waals surface area contributed by atoms with Gasteiger partial charge in [-0.3, -0.25) is 0 Å². The maximum Gasteiger partial charge on any atom is 0.434 e. The van der Waals surface area contributed by atoms with Crippen molar-refractivity contribution in [2.75, 3.05) is 0 Å². The summed E-state index contributed by atoms with van der Waals surface area (Å²) in [6, 6.07) is 0. The average Bonchev–Trinajstić information content (AvgIpc) is 3.04. The lowest BCUT2D eigenvalue weighted by Gasteiger charge is -2.11. The van der Waals surface area contributed by atoms with Crippen LogP contribution in [0.15, 0.2) is 31.0 Å². The number of carboxylic acid groups (broad SMARTS) is 1.